The molecule has 1 saturated heterocycles. The number of aliphatic hydroxyl groups is 1. The summed E-state index contributed by atoms with van der Waals surface area (Å²) >= 11 is 0. The van der Waals surface area contributed by atoms with Crippen LogP contribution in [0.4, 0.5) is 0 Å². The van der Waals surface area contributed by atoms with Crippen molar-refractivity contribution < 1.29 is 19.4 Å². The van der Waals surface area contributed by atoms with Gasteiger partial charge in [-0.3, -0.25) is 14.5 Å². The number of morpholine rings is 1. The minimum atomic E-state index is -0.580. The van der Waals surface area contributed by atoms with Gasteiger partial charge in [0.15, 0.2) is 0 Å². The van der Waals surface area contributed by atoms with Gasteiger partial charge < -0.3 is 20.5 Å². The maximum Gasteiger partial charge on any atom is 0.254 e. The quantitative estimate of drug-likeness (QED) is 0.533. The fourth-order valence-corrected chi connectivity index (χ4v) is 6.68. The molecule has 2 heterocycles. The van der Waals surface area contributed by atoms with Gasteiger partial charge in [-0.1, -0.05) is 20.8 Å². The Morgan fingerprint density at radius 1 is 1.23 bits per heavy atom. The van der Waals surface area contributed by atoms with E-state index in [0.717, 1.165) is 58.5 Å². The first-order chi connectivity index (χ1) is 16.8. The fraction of sp³-hybridized carbons (Fsp3) is 0.769. The second-order valence-corrected chi connectivity index (χ2v) is 11.0. The molecule has 9 nitrogen and oxygen atoms in total. The molecule has 3 fully saturated rings. The van der Waals surface area contributed by atoms with Gasteiger partial charge in [-0.2, -0.15) is 0 Å². The molecule has 2 amide bonds. The van der Waals surface area contributed by atoms with E-state index in [-0.39, 0.29) is 46.9 Å². The van der Waals surface area contributed by atoms with E-state index in [0.29, 0.717) is 12.1 Å². The largest absolute Gasteiger partial charge is 0.392 e. The van der Waals surface area contributed by atoms with Gasteiger partial charge in [0.25, 0.3) is 5.91 Å². The maximum absolute atomic E-state index is 13.0. The Bertz CT molecular complexity index is 865. The monoisotopic (exact) mass is 487 g/mol. The lowest BCUT2D eigenvalue weighted by atomic mass is 9.51. The molecule has 1 aliphatic heterocycles. The summed E-state index contributed by atoms with van der Waals surface area (Å²) in [6.45, 7) is 11.1. The summed E-state index contributed by atoms with van der Waals surface area (Å²) in [4.78, 5) is 35.9. The molecular formula is C26H41N5O4. The van der Waals surface area contributed by atoms with Crippen LogP contribution < -0.4 is 10.6 Å². The number of aliphatic hydroxyl groups excluding tert-OH is 1. The van der Waals surface area contributed by atoms with Crippen molar-refractivity contribution in [3.05, 3.63) is 24.3 Å². The number of hydrogen-bond acceptors (Lipinski definition) is 7. The molecule has 7 atom stereocenters. The lowest BCUT2D eigenvalue weighted by Crippen LogP contribution is -2.58. The lowest BCUT2D eigenvalue weighted by molar-refractivity contribution is -0.142. The Hall–Kier alpha value is -2.10. The molecule has 0 unspecified atom stereocenters. The van der Waals surface area contributed by atoms with E-state index < -0.39 is 6.10 Å². The number of hydrogen-bond donors (Lipinski definition) is 3. The highest BCUT2D eigenvalue weighted by Crippen LogP contribution is 2.55. The number of carbonyl (C=O) groups is 2. The van der Waals surface area contributed by atoms with E-state index in [4.69, 9.17) is 4.74 Å². The molecule has 0 radical (unpaired) electrons. The third kappa shape index (κ3) is 5.84. The highest BCUT2D eigenvalue weighted by molar-refractivity contribution is 5.93. The van der Waals surface area contributed by atoms with Crippen LogP contribution in [0.3, 0.4) is 0 Å². The standard InChI is InChI=1S/C26H41N5O4/c1-17(24(33)29-8-9-31-10-12-35-13-11-31)20-4-6-26(3)7-5-21(18(2)22(26)23(20)32)30-25(34)19-14-27-16-28-15-19/h14-18,20-23,32H,4-13H2,1-3H3,(H,29,33)(H,30,34)/t17-,18+,20+,21-,22+,23-,26-/m0/s1. The molecular weight excluding hydrogens is 446 g/mol. The second kappa shape index (κ2) is 11.3. The van der Waals surface area contributed by atoms with Crippen molar-refractivity contribution in [3.8, 4) is 0 Å². The van der Waals surface area contributed by atoms with Crippen molar-refractivity contribution in [1.82, 2.24) is 25.5 Å². The van der Waals surface area contributed by atoms with E-state index in [9.17, 15) is 14.7 Å². The Morgan fingerprint density at radius 2 is 1.91 bits per heavy atom. The van der Waals surface area contributed by atoms with Gasteiger partial charge in [-0.05, 0) is 48.9 Å². The first-order valence-corrected chi connectivity index (χ1v) is 13.1. The molecule has 3 aliphatic rings. The number of nitrogens with zero attached hydrogens (tertiary/aromatic N) is 3. The van der Waals surface area contributed by atoms with Crippen molar-refractivity contribution in [2.45, 2.75) is 58.6 Å². The molecule has 4 rings (SSSR count). The number of nitrogens with one attached hydrogen (secondary N) is 2. The normalized spacial score (nSPS) is 34.5. The lowest BCUT2D eigenvalue weighted by Gasteiger charge is -2.56. The van der Waals surface area contributed by atoms with Crippen LogP contribution in [0.15, 0.2) is 18.7 Å². The summed E-state index contributed by atoms with van der Waals surface area (Å²) in [5, 5.41) is 17.8. The fourth-order valence-electron chi connectivity index (χ4n) is 6.68. The molecule has 0 aromatic carbocycles. The molecule has 1 aromatic heterocycles. The average molecular weight is 488 g/mol. The van der Waals surface area contributed by atoms with Crippen molar-refractivity contribution in [1.29, 1.82) is 0 Å². The van der Waals surface area contributed by atoms with Crippen molar-refractivity contribution in [3.63, 3.8) is 0 Å². The number of rotatable bonds is 7. The summed E-state index contributed by atoms with van der Waals surface area (Å²) in [6.07, 6.45) is 7.52. The van der Waals surface area contributed by atoms with Gasteiger partial charge in [0, 0.05) is 50.5 Å². The van der Waals surface area contributed by atoms with E-state index in [1.54, 1.807) is 0 Å². The number of aromatic nitrogens is 2. The van der Waals surface area contributed by atoms with Crippen LogP contribution in [0.2, 0.25) is 0 Å². The summed E-state index contributed by atoms with van der Waals surface area (Å²) in [5.74, 6) is -0.393. The smallest absolute Gasteiger partial charge is 0.254 e. The van der Waals surface area contributed by atoms with Crippen LogP contribution in [0, 0.1) is 29.1 Å². The van der Waals surface area contributed by atoms with Crippen molar-refractivity contribution in [2.75, 3.05) is 39.4 Å². The first-order valence-electron chi connectivity index (χ1n) is 13.1. The van der Waals surface area contributed by atoms with Crippen molar-refractivity contribution in [2.24, 2.45) is 29.1 Å². The van der Waals surface area contributed by atoms with E-state index in [1.165, 1.54) is 18.7 Å². The number of fused-ring (bicyclic) bond motifs is 1. The maximum atomic E-state index is 13.0. The third-order valence-electron chi connectivity index (χ3n) is 8.91. The Kier molecular flexibility index (Phi) is 8.39. The van der Waals surface area contributed by atoms with Gasteiger partial charge in [0.1, 0.15) is 6.33 Å². The van der Waals surface area contributed by atoms with Gasteiger partial charge in [-0.25, -0.2) is 9.97 Å². The van der Waals surface area contributed by atoms with Crippen LogP contribution in [-0.2, 0) is 9.53 Å². The average Bonchev–Trinajstić information content (AvgIpc) is 2.86. The van der Waals surface area contributed by atoms with E-state index in [1.807, 2.05) is 6.92 Å². The second-order valence-electron chi connectivity index (χ2n) is 11.0. The molecule has 3 N–H and O–H groups in total. The summed E-state index contributed by atoms with van der Waals surface area (Å²) in [7, 11) is 0. The number of amides is 2. The molecule has 194 valence electrons. The van der Waals surface area contributed by atoms with E-state index in [2.05, 4.69) is 39.3 Å². The molecule has 2 saturated carbocycles. The van der Waals surface area contributed by atoms with Crippen molar-refractivity contribution >= 4 is 11.8 Å². The molecule has 35 heavy (non-hydrogen) atoms. The summed E-state index contributed by atoms with van der Waals surface area (Å²) in [6, 6.07) is -0.0353. The zero-order valence-corrected chi connectivity index (χ0v) is 21.3. The van der Waals surface area contributed by atoms with Gasteiger partial charge in [0.05, 0.1) is 24.9 Å². The Labute approximate surface area is 208 Å². The molecule has 9 heteroatoms. The zero-order valence-electron chi connectivity index (χ0n) is 21.3. The molecule has 0 bridgehead atoms. The Morgan fingerprint density at radius 3 is 2.63 bits per heavy atom. The highest BCUT2D eigenvalue weighted by atomic mass is 16.5. The first kappa shape index (κ1) is 26.0. The predicted molar refractivity (Wildman–Crippen MR) is 131 cm³/mol. The van der Waals surface area contributed by atoms with Crippen LogP contribution in [0.25, 0.3) is 0 Å². The highest BCUT2D eigenvalue weighted by Gasteiger charge is 2.53. The Balaban J connectivity index is 1.36. The number of carbonyl (C=O) groups excluding carboxylic acids is 2. The minimum absolute atomic E-state index is 0.0128. The van der Waals surface area contributed by atoms with Crippen LogP contribution in [0.1, 0.15) is 56.8 Å². The van der Waals surface area contributed by atoms with Crippen LogP contribution >= 0.6 is 0 Å². The van der Waals surface area contributed by atoms with Gasteiger partial charge in [0.2, 0.25) is 5.91 Å². The SMILES string of the molecule is C[C@H]1[C@@H]2[C@@H](O)[C@@H]([C@H](C)C(=O)NCCN3CCOCC3)CC[C@@]2(C)CC[C@@H]1NC(=O)c1cncnc1. The van der Waals surface area contributed by atoms with Crippen LogP contribution in [-0.4, -0.2) is 83.3 Å². The summed E-state index contributed by atoms with van der Waals surface area (Å²) < 4.78 is 5.38. The van der Waals surface area contributed by atoms with E-state index >= 15 is 0 Å². The predicted octanol–water partition coefficient (Wildman–Crippen LogP) is 1.48. The molecule has 0 spiro atoms. The third-order valence-corrected chi connectivity index (χ3v) is 8.91. The van der Waals surface area contributed by atoms with Gasteiger partial charge in [-0.15, -0.1) is 0 Å². The topological polar surface area (TPSA) is 117 Å². The molecule has 2 aliphatic carbocycles. The van der Waals surface area contributed by atoms with Crippen LogP contribution in [0.5, 0.6) is 0 Å². The van der Waals surface area contributed by atoms with Gasteiger partial charge >= 0.3 is 0 Å². The molecule has 1 aromatic rings. The number of ether oxygens (including phenoxy) is 1. The zero-order chi connectivity index (χ0) is 25.0. The summed E-state index contributed by atoms with van der Waals surface area (Å²) in [5.41, 5.74) is 0.455. The minimum Gasteiger partial charge on any atom is -0.392 e.